The van der Waals surface area contributed by atoms with Crippen molar-refractivity contribution in [2.45, 2.75) is 23.2 Å². The van der Waals surface area contributed by atoms with E-state index in [2.05, 4.69) is 20.5 Å². The average molecular weight is 451 g/mol. The molecule has 12 heteroatoms. The number of nitrogen functional groups attached to an aromatic ring is 1. The number of aromatic amines is 1. The Morgan fingerprint density at radius 2 is 2.17 bits per heavy atom. The molecule has 1 fully saturated rings. The number of thioether (sulfide) groups is 1. The minimum absolute atomic E-state index is 0.0536. The monoisotopic (exact) mass is 450 g/mol. The highest BCUT2D eigenvalue weighted by Crippen LogP contribution is 2.35. The van der Waals surface area contributed by atoms with Crippen LogP contribution in [-0.4, -0.2) is 31.3 Å². The molecule has 29 heavy (non-hydrogen) atoms. The number of ketones is 1. The van der Waals surface area contributed by atoms with Crippen molar-refractivity contribution in [1.82, 2.24) is 19.7 Å². The van der Waals surface area contributed by atoms with Crippen molar-refractivity contribution >= 4 is 57.1 Å². The van der Waals surface area contributed by atoms with Crippen molar-refractivity contribution in [2.75, 3.05) is 16.8 Å². The fourth-order valence-electron chi connectivity index (χ4n) is 2.74. The van der Waals surface area contributed by atoms with E-state index >= 15 is 0 Å². The number of hydrogen-bond donors (Lipinski definition) is 3. The van der Waals surface area contributed by atoms with Gasteiger partial charge in [0.1, 0.15) is 11.4 Å². The van der Waals surface area contributed by atoms with Crippen molar-refractivity contribution in [3.63, 3.8) is 0 Å². The second-order valence-corrected chi connectivity index (χ2v) is 8.98. The first-order valence-electron chi connectivity index (χ1n) is 8.59. The summed E-state index contributed by atoms with van der Waals surface area (Å²) in [7, 11) is 0. The van der Waals surface area contributed by atoms with E-state index in [1.54, 1.807) is 12.1 Å². The summed E-state index contributed by atoms with van der Waals surface area (Å²) in [4.78, 5) is 38.8. The van der Waals surface area contributed by atoms with E-state index in [9.17, 15) is 14.4 Å². The summed E-state index contributed by atoms with van der Waals surface area (Å²) < 4.78 is 1.84. The molecule has 0 radical (unpaired) electrons. The third-order valence-electron chi connectivity index (χ3n) is 4.18. The highest BCUT2D eigenvalue weighted by atomic mass is 35.5. The summed E-state index contributed by atoms with van der Waals surface area (Å²) in [5, 5.41) is 12.3. The Labute approximate surface area is 177 Å². The zero-order chi connectivity index (χ0) is 20.5. The predicted molar refractivity (Wildman–Crippen MR) is 114 cm³/mol. The molecule has 2 heterocycles. The van der Waals surface area contributed by atoms with Gasteiger partial charge in [-0.05, 0) is 31.0 Å². The molecule has 0 spiro atoms. The Balaban J connectivity index is 1.46. The van der Waals surface area contributed by atoms with E-state index < -0.39 is 17.0 Å². The molecule has 0 saturated heterocycles. The van der Waals surface area contributed by atoms with Gasteiger partial charge in [-0.25, -0.2) is 4.79 Å². The van der Waals surface area contributed by atoms with Crippen LogP contribution in [0, 0.1) is 0 Å². The van der Waals surface area contributed by atoms with Crippen molar-refractivity contribution in [1.29, 1.82) is 0 Å². The molecular formula is C17H15ClN6O3S2. The molecule has 1 saturated carbocycles. The van der Waals surface area contributed by atoms with Gasteiger partial charge < -0.3 is 11.1 Å². The summed E-state index contributed by atoms with van der Waals surface area (Å²) in [5.41, 5.74) is 5.19. The molecule has 0 bridgehead atoms. The molecule has 1 aromatic carbocycles. The molecule has 0 atom stereocenters. The largest absolute Gasteiger partial charge is 0.384 e. The number of Topliss-reactive ketones (excluding diaryl/α,β-unsaturated/α-hetero) is 1. The third kappa shape index (κ3) is 4.36. The topological polar surface area (TPSA) is 136 Å². The van der Waals surface area contributed by atoms with Crippen molar-refractivity contribution in [3.05, 3.63) is 55.7 Å². The highest BCUT2D eigenvalue weighted by molar-refractivity contribution is 8.01. The third-order valence-corrected chi connectivity index (χ3v) is 6.39. The van der Waals surface area contributed by atoms with E-state index in [1.807, 2.05) is 12.1 Å². The molecule has 1 aliphatic carbocycles. The van der Waals surface area contributed by atoms with Crippen molar-refractivity contribution in [3.8, 4) is 0 Å². The van der Waals surface area contributed by atoms with Crippen LogP contribution in [0.4, 0.5) is 16.6 Å². The summed E-state index contributed by atoms with van der Waals surface area (Å²) in [6.45, 7) is 0. The summed E-state index contributed by atoms with van der Waals surface area (Å²) in [5.74, 6) is -0.600. The predicted octanol–water partition coefficient (Wildman–Crippen LogP) is 2.68. The van der Waals surface area contributed by atoms with Gasteiger partial charge in [-0.1, -0.05) is 40.8 Å². The van der Waals surface area contributed by atoms with E-state index in [0.29, 0.717) is 14.5 Å². The summed E-state index contributed by atoms with van der Waals surface area (Å²) in [6, 6.07) is 7.11. The van der Waals surface area contributed by atoms with Gasteiger partial charge in [0.25, 0.3) is 5.56 Å². The van der Waals surface area contributed by atoms with Gasteiger partial charge in [0.05, 0.1) is 5.75 Å². The first-order chi connectivity index (χ1) is 13.9. The van der Waals surface area contributed by atoms with Gasteiger partial charge in [0.15, 0.2) is 10.1 Å². The van der Waals surface area contributed by atoms with Gasteiger partial charge in [-0.15, -0.1) is 10.2 Å². The SMILES string of the molecule is Nc1c(C(=O)CSc2nnc(Nc3cccc(Cl)c3)s2)c(=O)[nH]c(=O)n1C1CC1. The number of carbonyl (C=O) groups excluding carboxylic acids is 1. The lowest BCUT2D eigenvalue weighted by Crippen LogP contribution is -2.36. The van der Waals surface area contributed by atoms with Crippen LogP contribution in [-0.2, 0) is 0 Å². The quantitative estimate of drug-likeness (QED) is 0.369. The van der Waals surface area contributed by atoms with Crippen LogP contribution < -0.4 is 22.3 Å². The van der Waals surface area contributed by atoms with Crippen molar-refractivity contribution in [2.24, 2.45) is 0 Å². The van der Waals surface area contributed by atoms with Gasteiger partial charge >= 0.3 is 5.69 Å². The molecule has 0 unspecified atom stereocenters. The van der Waals surface area contributed by atoms with Gasteiger partial charge in [-0.2, -0.15) is 0 Å². The van der Waals surface area contributed by atoms with Gasteiger partial charge in [-0.3, -0.25) is 19.1 Å². The molecule has 1 aliphatic rings. The molecule has 0 amide bonds. The number of aromatic nitrogens is 4. The molecule has 2 aromatic heterocycles. The Morgan fingerprint density at radius 1 is 1.38 bits per heavy atom. The molecular weight excluding hydrogens is 436 g/mol. The minimum Gasteiger partial charge on any atom is -0.384 e. The number of nitrogens with two attached hydrogens (primary N) is 1. The molecule has 4 rings (SSSR count). The Bertz CT molecular complexity index is 1200. The number of benzene rings is 1. The summed E-state index contributed by atoms with van der Waals surface area (Å²) >= 11 is 8.36. The number of hydrogen-bond acceptors (Lipinski definition) is 9. The molecule has 4 N–H and O–H groups in total. The number of carbonyl (C=O) groups is 1. The Morgan fingerprint density at radius 3 is 2.90 bits per heavy atom. The maximum Gasteiger partial charge on any atom is 0.330 e. The van der Waals surface area contributed by atoms with Crippen LogP contribution in [0.1, 0.15) is 29.2 Å². The molecule has 150 valence electrons. The summed E-state index contributed by atoms with van der Waals surface area (Å²) in [6.07, 6.45) is 1.59. The molecule has 3 aromatic rings. The number of nitrogens with zero attached hydrogens (tertiary/aromatic N) is 3. The molecule has 0 aliphatic heterocycles. The first kappa shape index (κ1) is 19.7. The number of rotatable bonds is 7. The number of nitrogens with one attached hydrogen (secondary N) is 2. The Hall–Kier alpha value is -2.63. The van der Waals surface area contributed by atoms with Gasteiger partial charge in [0.2, 0.25) is 5.13 Å². The zero-order valence-corrected chi connectivity index (χ0v) is 17.2. The Kier molecular flexibility index (Phi) is 5.43. The zero-order valence-electron chi connectivity index (χ0n) is 14.8. The lowest BCUT2D eigenvalue weighted by Gasteiger charge is -2.10. The maximum absolute atomic E-state index is 12.6. The van der Waals surface area contributed by atoms with E-state index in [0.717, 1.165) is 30.3 Å². The van der Waals surface area contributed by atoms with Crippen LogP contribution in [0.5, 0.6) is 0 Å². The van der Waals surface area contributed by atoms with Crippen LogP contribution in [0.3, 0.4) is 0 Å². The van der Waals surface area contributed by atoms with Crippen LogP contribution in [0.2, 0.25) is 5.02 Å². The first-order valence-corrected chi connectivity index (χ1v) is 10.8. The minimum atomic E-state index is -0.768. The molecule has 9 nitrogen and oxygen atoms in total. The van der Waals surface area contributed by atoms with E-state index in [4.69, 9.17) is 17.3 Å². The second-order valence-electron chi connectivity index (χ2n) is 6.34. The smallest absolute Gasteiger partial charge is 0.330 e. The van der Waals surface area contributed by atoms with Crippen molar-refractivity contribution < 1.29 is 4.79 Å². The normalized spacial score (nSPS) is 13.4. The number of H-pyrrole nitrogens is 1. The van der Waals surface area contributed by atoms with Crippen LogP contribution >= 0.6 is 34.7 Å². The second kappa shape index (κ2) is 8.01. The lowest BCUT2D eigenvalue weighted by molar-refractivity contribution is 0.102. The number of halogens is 1. The standard InChI is InChI=1S/C17H15ClN6O3S2/c18-8-2-1-3-9(6-8)20-15-22-23-17(29-15)28-7-11(25)12-13(19)24(10-4-5-10)16(27)21-14(12)26/h1-3,6,10H,4-5,7,19H2,(H,20,22)(H,21,26,27). The highest BCUT2D eigenvalue weighted by Gasteiger charge is 2.30. The van der Waals surface area contributed by atoms with Crippen LogP contribution in [0.25, 0.3) is 0 Å². The number of anilines is 3. The lowest BCUT2D eigenvalue weighted by atomic mass is 10.2. The fourth-order valence-corrected chi connectivity index (χ4v) is 4.57. The van der Waals surface area contributed by atoms with Crippen LogP contribution in [0.15, 0.2) is 38.2 Å². The average Bonchev–Trinajstić information content (AvgIpc) is 3.38. The van der Waals surface area contributed by atoms with Gasteiger partial charge in [0, 0.05) is 16.8 Å². The van der Waals surface area contributed by atoms with E-state index in [-0.39, 0.29) is 23.2 Å². The van der Waals surface area contributed by atoms with E-state index in [1.165, 1.54) is 15.9 Å². The maximum atomic E-state index is 12.6. The fraction of sp³-hybridized carbons (Fsp3) is 0.235.